The summed E-state index contributed by atoms with van der Waals surface area (Å²) in [4.78, 5) is 14.1. The number of nitrogens with zero attached hydrogens (tertiary/aromatic N) is 3. The van der Waals surface area contributed by atoms with Crippen LogP contribution in [0.4, 0.5) is 5.82 Å². The topological polar surface area (TPSA) is 66.3 Å². The fraction of sp³-hybridized carbons (Fsp3) is 0.308. The van der Waals surface area contributed by atoms with Crippen LogP contribution in [0, 0.1) is 0 Å². The summed E-state index contributed by atoms with van der Waals surface area (Å²) in [5, 5.41) is 18.6. The van der Waals surface area contributed by atoms with Gasteiger partial charge >= 0.3 is 5.97 Å². The average Bonchev–Trinajstić information content (AvgIpc) is 2.88. The molecule has 0 amide bonds. The highest BCUT2D eigenvalue weighted by Gasteiger charge is 2.14. The van der Waals surface area contributed by atoms with Crippen molar-refractivity contribution in [1.29, 1.82) is 0 Å². The zero-order valence-electron chi connectivity index (χ0n) is 10.8. The lowest BCUT2D eigenvalue weighted by molar-refractivity contribution is 0.0689. The van der Waals surface area contributed by atoms with Crippen LogP contribution in [-0.4, -0.2) is 27.3 Å². The molecule has 6 heteroatoms. The SMILES string of the molecule is CC(C)N(Cc1cccs1)c1ccc(C(=O)O)nn1. The number of anilines is 1. The predicted octanol–water partition coefficient (Wildman–Crippen LogP) is 2.65. The maximum absolute atomic E-state index is 10.8. The Hall–Kier alpha value is -1.95. The van der Waals surface area contributed by atoms with E-state index >= 15 is 0 Å². The highest BCUT2D eigenvalue weighted by Crippen LogP contribution is 2.19. The third-order valence-electron chi connectivity index (χ3n) is 2.69. The van der Waals surface area contributed by atoms with Crippen molar-refractivity contribution in [3.63, 3.8) is 0 Å². The molecule has 0 atom stereocenters. The van der Waals surface area contributed by atoms with Gasteiger partial charge in [0.05, 0.1) is 6.54 Å². The van der Waals surface area contributed by atoms with Gasteiger partial charge < -0.3 is 10.0 Å². The Morgan fingerprint density at radius 3 is 2.63 bits per heavy atom. The summed E-state index contributed by atoms with van der Waals surface area (Å²) in [5.74, 6) is -0.373. The Kier molecular flexibility index (Phi) is 4.11. The van der Waals surface area contributed by atoms with Crippen molar-refractivity contribution in [2.24, 2.45) is 0 Å². The fourth-order valence-corrected chi connectivity index (χ4v) is 2.39. The van der Waals surface area contributed by atoms with Crippen molar-refractivity contribution in [3.05, 3.63) is 40.2 Å². The van der Waals surface area contributed by atoms with Gasteiger partial charge in [0.2, 0.25) is 0 Å². The van der Waals surface area contributed by atoms with Gasteiger partial charge in [0.15, 0.2) is 11.5 Å². The number of aromatic nitrogens is 2. The lowest BCUT2D eigenvalue weighted by atomic mass is 10.3. The second kappa shape index (κ2) is 5.79. The molecular weight excluding hydrogens is 262 g/mol. The Balaban J connectivity index is 2.21. The summed E-state index contributed by atoms with van der Waals surface area (Å²) in [5.41, 5.74) is -0.0384. The number of aromatic carboxylic acids is 1. The van der Waals surface area contributed by atoms with Gasteiger partial charge in [-0.3, -0.25) is 0 Å². The van der Waals surface area contributed by atoms with E-state index in [1.54, 1.807) is 17.4 Å². The van der Waals surface area contributed by atoms with Gasteiger partial charge in [-0.1, -0.05) is 6.07 Å². The van der Waals surface area contributed by atoms with Crippen molar-refractivity contribution < 1.29 is 9.90 Å². The molecule has 0 fully saturated rings. The van der Waals surface area contributed by atoms with Gasteiger partial charge in [-0.25, -0.2) is 4.79 Å². The third kappa shape index (κ3) is 3.29. The molecule has 0 aliphatic heterocycles. The maximum atomic E-state index is 10.8. The lowest BCUT2D eigenvalue weighted by Crippen LogP contribution is -2.30. The van der Waals surface area contributed by atoms with Gasteiger partial charge in [-0.15, -0.1) is 21.5 Å². The molecule has 0 radical (unpaired) electrons. The van der Waals surface area contributed by atoms with Gasteiger partial charge in [-0.05, 0) is 37.4 Å². The number of hydrogen-bond acceptors (Lipinski definition) is 5. The largest absolute Gasteiger partial charge is 0.476 e. The van der Waals surface area contributed by atoms with E-state index in [9.17, 15) is 4.79 Å². The van der Waals surface area contributed by atoms with E-state index in [1.165, 1.54) is 10.9 Å². The van der Waals surface area contributed by atoms with Crippen LogP contribution in [0.1, 0.15) is 29.2 Å². The number of carboxylic acids is 1. The summed E-state index contributed by atoms with van der Waals surface area (Å²) in [6.07, 6.45) is 0. The van der Waals surface area contributed by atoms with Crippen LogP contribution < -0.4 is 4.90 Å². The third-order valence-corrected chi connectivity index (χ3v) is 3.55. The molecule has 0 aromatic carbocycles. The second-order valence-corrected chi connectivity index (χ2v) is 5.42. The minimum absolute atomic E-state index is 0.0384. The highest BCUT2D eigenvalue weighted by atomic mass is 32.1. The minimum Gasteiger partial charge on any atom is -0.476 e. The molecule has 0 saturated heterocycles. The smallest absolute Gasteiger partial charge is 0.356 e. The number of thiophene rings is 1. The van der Waals surface area contributed by atoms with E-state index in [1.807, 2.05) is 11.4 Å². The quantitative estimate of drug-likeness (QED) is 0.910. The molecule has 0 bridgehead atoms. The first kappa shape index (κ1) is 13.5. The molecule has 0 aliphatic rings. The lowest BCUT2D eigenvalue weighted by Gasteiger charge is -2.26. The van der Waals surface area contributed by atoms with E-state index in [-0.39, 0.29) is 11.7 Å². The first-order valence-electron chi connectivity index (χ1n) is 5.94. The van der Waals surface area contributed by atoms with Crippen molar-refractivity contribution in [2.75, 3.05) is 4.90 Å². The van der Waals surface area contributed by atoms with Gasteiger partial charge in [0.25, 0.3) is 0 Å². The Bertz CT molecular complexity index is 538. The standard InChI is InChI=1S/C13H15N3O2S/c1-9(2)16(8-10-4-3-7-19-10)12-6-5-11(13(17)18)14-15-12/h3-7,9H,8H2,1-2H3,(H,17,18). The summed E-state index contributed by atoms with van der Waals surface area (Å²) >= 11 is 1.69. The fourth-order valence-electron chi connectivity index (χ4n) is 1.69. The van der Waals surface area contributed by atoms with E-state index in [4.69, 9.17) is 5.11 Å². The Labute approximate surface area is 115 Å². The van der Waals surface area contributed by atoms with E-state index in [0.717, 1.165) is 6.54 Å². The number of carbonyl (C=O) groups is 1. The molecular formula is C13H15N3O2S. The molecule has 100 valence electrons. The number of rotatable bonds is 5. The van der Waals surface area contributed by atoms with Crippen LogP contribution in [0.3, 0.4) is 0 Å². The molecule has 2 heterocycles. The van der Waals surface area contributed by atoms with Crippen LogP contribution in [0.15, 0.2) is 29.6 Å². The molecule has 0 saturated carbocycles. The first-order chi connectivity index (χ1) is 9.08. The molecule has 1 N–H and O–H groups in total. The Morgan fingerprint density at radius 1 is 1.37 bits per heavy atom. The molecule has 0 aliphatic carbocycles. The second-order valence-electron chi connectivity index (χ2n) is 4.38. The summed E-state index contributed by atoms with van der Waals surface area (Å²) < 4.78 is 0. The monoisotopic (exact) mass is 277 g/mol. The predicted molar refractivity (Wildman–Crippen MR) is 74.6 cm³/mol. The van der Waals surface area contributed by atoms with Crippen LogP contribution in [0.5, 0.6) is 0 Å². The minimum atomic E-state index is -1.06. The normalized spacial score (nSPS) is 10.7. The van der Waals surface area contributed by atoms with Gasteiger partial charge in [0, 0.05) is 10.9 Å². The maximum Gasteiger partial charge on any atom is 0.356 e. The zero-order chi connectivity index (χ0) is 13.8. The van der Waals surface area contributed by atoms with Gasteiger partial charge in [0.1, 0.15) is 0 Å². The van der Waals surface area contributed by atoms with E-state index in [0.29, 0.717) is 5.82 Å². The summed E-state index contributed by atoms with van der Waals surface area (Å²) in [7, 11) is 0. The molecule has 2 rings (SSSR count). The van der Waals surface area contributed by atoms with Crippen molar-refractivity contribution in [2.45, 2.75) is 26.4 Å². The molecule has 5 nitrogen and oxygen atoms in total. The van der Waals surface area contributed by atoms with Crippen molar-refractivity contribution in [1.82, 2.24) is 10.2 Å². The van der Waals surface area contributed by atoms with Crippen LogP contribution >= 0.6 is 11.3 Å². The number of carboxylic acid groups (broad SMARTS) is 1. The van der Waals surface area contributed by atoms with Crippen LogP contribution in [0.2, 0.25) is 0 Å². The van der Waals surface area contributed by atoms with Crippen LogP contribution in [0.25, 0.3) is 0 Å². The zero-order valence-corrected chi connectivity index (χ0v) is 11.6. The molecule has 0 unspecified atom stereocenters. The van der Waals surface area contributed by atoms with E-state index in [2.05, 4.69) is 35.0 Å². The summed E-state index contributed by atoms with van der Waals surface area (Å²) in [6, 6.07) is 7.52. The molecule has 0 spiro atoms. The van der Waals surface area contributed by atoms with E-state index < -0.39 is 5.97 Å². The summed E-state index contributed by atoms with van der Waals surface area (Å²) in [6.45, 7) is 4.89. The average molecular weight is 277 g/mol. The highest BCUT2D eigenvalue weighted by molar-refractivity contribution is 7.09. The van der Waals surface area contributed by atoms with Gasteiger partial charge in [-0.2, -0.15) is 0 Å². The van der Waals surface area contributed by atoms with Crippen molar-refractivity contribution >= 4 is 23.1 Å². The van der Waals surface area contributed by atoms with Crippen molar-refractivity contribution in [3.8, 4) is 0 Å². The number of hydrogen-bond donors (Lipinski definition) is 1. The first-order valence-corrected chi connectivity index (χ1v) is 6.82. The molecule has 2 aromatic rings. The molecule has 2 aromatic heterocycles. The van der Waals surface area contributed by atoms with Crippen LogP contribution in [-0.2, 0) is 6.54 Å². The molecule has 19 heavy (non-hydrogen) atoms. The Morgan fingerprint density at radius 2 is 2.16 bits per heavy atom.